The van der Waals surface area contributed by atoms with Crippen molar-refractivity contribution in [3.8, 4) is 0 Å². The topological polar surface area (TPSA) is 103 Å². The fraction of sp³-hybridized carbons (Fsp3) is 0.435. The third-order valence-corrected chi connectivity index (χ3v) is 6.10. The van der Waals surface area contributed by atoms with Crippen LogP contribution in [-0.2, 0) is 10.2 Å². The summed E-state index contributed by atoms with van der Waals surface area (Å²) in [5, 5.41) is 24.4. The van der Waals surface area contributed by atoms with Crippen LogP contribution in [0.1, 0.15) is 42.1 Å². The van der Waals surface area contributed by atoms with Crippen LogP contribution in [0.15, 0.2) is 54.9 Å². The molecule has 0 radical (unpaired) electrons. The molecule has 3 rings (SSSR count). The number of benzene rings is 1. The zero-order chi connectivity index (χ0) is 21.7. The standard InChI is InChI=1S/C23H29N3O4/c1-16(27)25-15-23(18-8-4-3-5-9-18)11-10-20(28)21(29)19(13-23)26(2)22(30)17-7-6-12-24-14-17/h3-9,12,14,19-21,28-29H,10-11,13,15H2,1-2H3,(H,25,27)/t19-,20-,21+,23+/m0/s1. The third-order valence-electron chi connectivity index (χ3n) is 6.10. The van der Waals surface area contributed by atoms with Gasteiger partial charge in [0.25, 0.3) is 5.91 Å². The Kier molecular flexibility index (Phi) is 6.84. The van der Waals surface area contributed by atoms with Gasteiger partial charge in [-0.15, -0.1) is 0 Å². The summed E-state index contributed by atoms with van der Waals surface area (Å²) in [5.41, 5.74) is 0.893. The number of rotatable bonds is 5. The fourth-order valence-electron chi connectivity index (χ4n) is 4.29. The highest BCUT2D eigenvalue weighted by Gasteiger charge is 2.45. The average molecular weight is 412 g/mol. The van der Waals surface area contributed by atoms with Gasteiger partial charge in [-0.05, 0) is 37.0 Å². The van der Waals surface area contributed by atoms with E-state index < -0.39 is 23.7 Å². The monoisotopic (exact) mass is 411 g/mol. The van der Waals surface area contributed by atoms with Crippen molar-refractivity contribution in [3.63, 3.8) is 0 Å². The molecule has 0 saturated heterocycles. The van der Waals surface area contributed by atoms with E-state index in [4.69, 9.17) is 0 Å². The minimum absolute atomic E-state index is 0.146. The molecule has 1 aliphatic carbocycles. The van der Waals surface area contributed by atoms with Gasteiger partial charge < -0.3 is 20.4 Å². The molecule has 4 atom stereocenters. The number of hydrogen-bond acceptors (Lipinski definition) is 5. The molecule has 0 aliphatic heterocycles. The molecule has 1 aromatic carbocycles. The van der Waals surface area contributed by atoms with Crippen LogP contribution >= 0.6 is 0 Å². The molecule has 30 heavy (non-hydrogen) atoms. The van der Waals surface area contributed by atoms with Crippen molar-refractivity contribution >= 4 is 11.8 Å². The summed E-state index contributed by atoms with van der Waals surface area (Å²) in [6.07, 6.45) is 2.34. The average Bonchev–Trinajstić information content (AvgIpc) is 2.90. The fourth-order valence-corrected chi connectivity index (χ4v) is 4.29. The zero-order valence-corrected chi connectivity index (χ0v) is 17.4. The quantitative estimate of drug-likeness (QED) is 0.647. The van der Waals surface area contributed by atoms with E-state index in [2.05, 4.69) is 10.3 Å². The number of aromatic nitrogens is 1. The Morgan fingerprint density at radius 2 is 1.93 bits per heavy atom. The van der Waals surface area contributed by atoms with Crippen LogP contribution in [0, 0.1) is 0 Å². The molecule has 1 saturated carbocycles. The normalized spacial score (nSPS) is 26.5. The van der Waals surface area contributed by atoms with E-state index in [-0.39, 0.29) is 11.8 Å². The number of aliphatic hydroxyl groups is 2. The summed E-state index contributed by atoms with van der Waals surface area (Å²) in [6.45, 7) is 1.83. The Hall–Kier alpha value is -2.77. The number of hydrogen-bond donors (Lipinski definition) is 3. The molecule has 0 bridgehead atoms. The molecular weight excluding hydrogens is 382 g/mol. The van der Waals surface area contributed by atoms with Crippen LogP contribution in [0.5, 0.6) is 0 Å². The van der Waals surface area contributed by atoms with Gasteiger partial charge in [-0.1, -0.05) is 30.3 Å². The maximum absolute atomic E-state index is 13.0. The first-order valence-corrected chi connectivity index (χ1v) is 10.2. The lowest BCUT2D eigenvalue weighted by molar-refractivity contribution is -0.119. The number of nitrogens with one attached hydrogen (secondary N) is 1. The Bertz CT molecular complexity index is 861. The van der Waals surface area contributed by atoms with Crippen molar-refractivity contribution in [2.75, 3.05) is 13.6 Å². The van der Waals surface area contributed by atoms with Crippen LogP contribution in [0.3, 0.4) is 0 Å². The van der Waals surface area contributed by atoms with Gasteiger partial charge in [-0.3, -0.25) is 14.6 Å². The molecule has 1 aliphatic rings. The lowest BCUT2D eigenvalue weighted by atomic mass is 9.73. The van der Waals surface area contributed by atoms with Crippen molar-refractivity contribution < 1.29 is 19.8 Å². The highest BCUT2D eigenvalue weighted by Crippen LogP contribution is 2.40. The van der Waals surface area contributed by atoms with Crippen LogP contribution < -0.4 is 5.32 Å². The van der Waals surface area contributed by atoms with Crippen molar-refractivity contribution in [2.45, 2.75) is 49.9 Å². The predicted octanol–water partition coefficient (Wildman–Crippen LogP) is 1.50. The van der Waals surface area contributed by atoms with E-state index in [0.29, 0.717) is 31.4 Å². The Morgan fingerprint density at radius 3 is 2.57 bits per heavy atom. The molecule has 7 heteroatoms. The number of nitrogens with zero attached hydrogens (tertiary/aromatic N) is 2. The summed E-state index contributed by atoms with van der Waals surface area (Å²) in [6, 6.07) is 12.5. The lowest BCUT2D eigenvalue weighted by Gasteiger charge is -2.39. The first kappa shape index (κ1) is 21.9. The van der Waals surface area contributed by atoms with Crippen LogP contribution in [0.25, 0.3) is 0 Å². The van der Waals surface area contributed by atoms with Gasteiger partial charge in [0.2, 0.25) is 5.91 Å². The van der Waals surface area contributed by atoms with Gasteiger partial charge in [-0.25, -0.2) is 0 Å². The number of likely N-dealkylation sites (N-methyl/N-ethyl adjacent to an activating group) is 1. The van der Waals surface area contributed by atoms with Crippen molar-refractivity contribution in [2.24, 2.45) is 0 Å². The highest BCUT2D eigenvalue weighted by molar-refractivity contribution is 5.94. The SMILES string of the molecule is CC(=O)NC[C@@]1(c2ccccc2)CC[C@H](O)[C@H](O)[C@@H](N(C)C(=O)c2cccnc2)C1. The second-order valence-corrected chi connectivity index (χ2v) is 8.08. The maximum atomic E-state index is 13.0. The van der Waals surface area contributed by atoms with E-state index in [1.165, 1.54) is 18.0 Å². The van der Waals surface area contributed by atoms with Crippen LogP contribution in [0.2, 0.25) is 0 Å². The first-order valence-electron chi connectivity index (χ1n) is 10.2. The molecule has 3 N–H and O–H groups in total. The Labute approximate surface area is 176 Å². The van der Waals surface area contributed by atoms with E-state index >= 15 is 0 Å². The number of carbonyl (C=O) groups is 2. The van der Waals surface area contributed by atoms with Gasteiger partial charge >= 0.3 is 0 Å². The molecule has 0 spiro atoms. The van der Waals surface area contributed by atoms with Crippen molar-refractivity contribution in [1.29, 1.82) is 0 Å². The summed E-state index contributed by atoms with van der Waals surface area (Å²) in [5.74, 6) is -0.422. The Balaban J connectivity index is 1.98. The first-order chi connectivity index (χ1) is 14.3. The van der Waals surface area contributed by atoms with E-state index in [0.717, 1.165) is 5.56 Å². The van der Waals surface area contributed by atoms with Crippen molar-refractivity contribution in [3.05, 3.63) is 66.0 Å². The van der Waals surface area contributed by atoms with Gasteiger partial charge in [0.15, 0.2) is 0 Å². The van der Waals surface area contributed by atoms with Gasteiger partial charge in [0, 0.05) is 38.3 Å². The van der Waals surface area contributed by atoms with E-state index in [1.807, 2.05) is 30.3 Å². The van der Waals surface area contributed by atoms with Gasteiger partial charge in [0.05, 0.1) is 17.7 Å². The van der Waals surface area contributed by atoms with Gasteiger partial charge in [0.1, 0.15) is 6.10 Å². The summed E-state index contributed by atoms with van der Waals surface area (Å²) in [7, 11) is 1.63. The number of carbonyl (C=O) groups excluding carboxylic acids is 2. The van der Waals surface area contributed by atoms with Crippen LogP contribution in [-0.4, -0.2) is 63.8 Å². The molecular formula is C23H29N3O4. The largest absolute Gasteiger partial charge is 0.390 e. The molecule has 2 aromatic rings. The van der Waals surface area contributed by atoms with Crippen molar-refractivity contribution in [1.82, 2.24) is 15.2 Å². The Morgan fingerprint density at radius 1 is 1.20 bits per heavy atom. The minimum atomic E-state index is -1.10. The molecule has 1 aromatic heterocycles. The minimum Gasteiger partial charge on any atom is -0.390 e. The summed E-state index contributed by atoms with van der Waals surface area (Å²) < 4.78 is 0. The highest BCUT2D eigenvalue weighted by atomic mass is 16.3. The predicted molar refractivity (Wildman–Crippen MR) is 113 cm³/mol. The molecule has 7 nitrogen and oxygen atoms in total. The molecule has 1 fully saturated rings. The lowest BCUT2D eigenvalue weighted by Crippen LogP contribution is -2.51. The second-order valence-electron chi connectivity index (χ2n) is 8.08. The molecule has 160 valence electrons. The van der Waals surface area contributed by atoms with Gasteiger partial charge in [-0.2, -0.15) is 0 Å². The zero-order valence-electron chi connectivity index (χ0n) is 17.4. The number of amides is 2. The summed E-state index contributed by atoms with van der Waals surface area (Å²) in [4.78, 5) is 30.2. The van der Waals surface area contributed by atoms with E-state index in [1.54, 1.807) is 25.4 Å². The molecule has 2 amide bonds. The van der Waals surface area contributed by atoms with Crippen LogP contribution in [0.4, 0.5) is 0 Å². The number of pyridine rings is 1. The smallest absolute Gasteiger partial charge is 0.255 e. The second kappa shape index (κ2) is 9.36. The molecule has 1 heterocycles. The number of aliphatic hydroxyl groups excluding tert-OH is 2. The molecule has 0 unspecified atom stereocenters. The summed E-state index contributed by atoms with van der Waals surface area (Å²) >= 11 is 0. The maximum Gasteiger partial charge on any atom is 0.255 e. The van der Waals surface area contributed by atoms with E-state index in [9.17, 15) is 19.8 Å². The third kappa shape index (κ3) is 4.68.